The van der Waals surface area contributed by atoms with Crippen molar-refractivity contribution in [1.82, 2.24) is 19.7 Å². The number of methoxy groups -OCH3 is 1. The van der Waals surface area contributed by atoms with Gasteiger partial charge in [0.05, 0.1) is 12.8 Å². The summed E-state index contributed by atoms with van der Waals surface area (Å²) in [6.45, 7) is 7.18. The maximum atomic E-state index is 13.1. The predicted molar refractivity (Wildman–Crippen MR) is 163 cm³/mol. The third-order valence-electron chi connectivity index (χ3n) is 8.94. The minimum absolute atomic E-state index is 0.0873. The Hall–Kier alpha value is -2.69. The van der Waals surface area contributed by atoms with Crippen molar-refractivity contribution in [3.8, 4) is 17.0 Å². The molecule has 2 aromatic rings. The number of hydrogen-bond donors (Lipinski definition) is 2. The number of carboxylic acid groups (broad SMARTS) is 1. The lowest BCUT2D eigenvalue weighted by atomic mass is 9.83. The van der Waals surface area contributed by atoms with Gasteiger partial charge < -0.3 is 19.6 Å². The number of carboxylic acids is 1. The van der Waals surface area contributed by atoms with Crippen LogP contribution in [0.1, 0.15) is 69.3 Å². The summed E-state index contributed by atoms with van der Waals surface area (Å²) in [5, 5.41) is 14.6. The van der Waals surface area contributed by atoms with Crippen LogP contribution in [0.25, 0.3) is 11.3 Å². The van der Waals surface area contributed by atoms with Crippen molar-refractivity contribution < 1.29 is 19.4 Å². The van der Waals surface area contributed by atoms with Gasteiger partial charge in [-0.1, -0.05) is 25.3 Å². The van der Waals surface area contributed by atoms with Crippen LogP contribution < -0.4 is 10.1 Å². The molecule has 3 heterocycles. The van der Waals surface area contributed by atoms with E-state index in [2.05, 4.69) is 33.3 Å². The summed E-state index contributed by atoms with van der Waals surface area (Å²) in [6.07, 6.45) is 9.76. The van der Waals surface area contributed by atoms with Crippen LogP contribution in [0.4, 0.5) is 9.93 Å². The van der Waals surface area contributed by atoms with Crippen molar-refractivity contribution in [3.05, 3.63) is 29.1 Å². The summed E-state index contributed by atoms with van der Waals surface area (Å²) in [7, 11) is 1.70. The zero-order chi connectivity index (χ0) is 28.6. The number of benzene rings is 1. The fourth-order valence-corrected chi connectivity index (χ4v) is 7.40. The molecule has 9 nitrogen and oxygen atoms in total. The van der Waals surface area contributed by atoms with E-state index in [1.165, 1.54) is 61.8 Å². The molecular formula is C31H45N5O4S. The number of carbonyl (C=O) groups excluding carboxylic acids is 1. The van der Waals surface area contributed by atoms with E-state index in [-0.39, 0.29) is 12.5 Å². The predicted octanol–water partition coefficient (Wildman–Crippen LogP) is 5.59. The van der Waals surface area contributed by atoms with Crippen molar-refractivity contribution in [2.24, 2.45) is 5.92 Å². The van der Waals surface area contributed by atoms with E-state index in [1.807, 2.05) is 10.3 Å². The Morgan fingerprint density at radius 3 is 2.61 bits per heavy atom. The van der Waals surface area contributed by atoms with Gasteiger partial charge in [-0.2, -0.15) is 0 Å². The van der Waals surface area contributed by atoms with Crippen LogP contribution in [-0.4, -0.2) is 96.3 Å². The number of aromatic nitrogens is 1. The van der Waals surface area contributed by atoms with Gasteiger partial charge in [-0.15, -0.1) is 11.3 Å². The van der Waals surface area contributed by atoms with Crippen molar-refractivity contribution in [1.29, 1.82) is 0 Å². The number of anilines is 1. The van der Waals surface area contributed by atoms with Gasteiger partial charge in [0.25, 0.3) is 0 Å². The summed E-state index contributed by atoms with van der Waals surface area (Å²) >= 11 is 1.46. The second-order valence-corrected chi connectivity index (χ2v) is 12.7. The monoisotopic (exact) mass is 583 g/mol. The quantitative estimate of drug-likeness (QED) is 0.376. The van der Waals surface area contributed by atoms with E-state index < -0.39 is 5.97 Å². The first-order valence-electron chi connectivity index (χ1n) is 15.3. The van der Waals surface area contributed by atoms with Crippen molar-refractivity contribution in [2.75, 3.05) is 64.8 Å². The lowest BCUT2D eigenvalue weighted by molar-refractivity contribution is -0.137. The molecule has 3 aliphatic rings. The number of likely N-dealkylation sites (tertiary alicyclic amines) is 1. The molecule has 1 aromatic heterocycles. The molecule has 41 heavy (non-hydrogen) atoms. The van der Waals surface area contributed by atoms with Crippen LogP contribution in [0, 0.1) is 5.92 Å². The van der Waals surface area contributed by atoms with Crippen LogP contribution in [0.3, 0.4) is 0 Å². The molecule has 1 aromatic carbocycles. The number of thiazole rings is 1. The summed E-state index contributed by atoms with van der Waals surface area (Å²) in [6, 6.07) is 6.40. The molecular weight excluding hydrogens is 538 g/mol. The molecule has 2 saturated heterocycles. The van der Waals surface area contributed by atoms with Gasteiger partial charge in [-0.05, 0) is 74.7 Å². The number of aliphatic carboxylic acids is 1. The maximum Gasteiger partial charge on any atom is 0.323 e. The molecule has 5 rings (SSSR count). The summed E-state index contributed by atoms with van der Waals surface area (Å²) in [4.78, 5) is 35.5. The molecule has 1 atom stereocenters. The van der Waals surface area contributed by atoms with Crippen LogP contribution >= 0.6 is 11.3 Å². The summed E-state index contributed by atoms with van der Waals surface area (Å²) in [5.74, 6) is 1.31. The van der Waals surface area contributed by atoms with Gasteiger partial charge in [0.2, 0.25) is 0 Å². The first kappa shape index (κ1) is 29.8. The fourth-order valence-electron chi connectivity index (χ4n) is 6.70. The van der Waals surface area contributed by atoms with E-state index in [1.54, 1.807) is 7.11 Å². The Bertz CT molecular complexity index is 1160. The van der Waals surface area contributed by atoms with E-state index in [4.69, 9.17) is 14.8 Å². The smallest absolute Gasteiger partial charge is 0.323 e. The fraction of sp³-hybridized carbons (Fsp3) is 0.645. The molecule has 2 amide bonds. The van der Waals surface area contributed by atoms with E-state index in [0.717, 1.165) is 62.7 Å². The second kappa shape index (κ2) is 14.5. The molecule has 10 heteroatoms. The third-order valence-corrected chi connectivity index (χ3v) is 9.70. The Balaban J connectivity index is 1.10. The third kappa shape index (κ3) is 8.20. The highest BCUT2D eigenvalue weighted by Gasteiger charge is 2.26. The minimum atomic E-state index is -0.712. The summed E-state index contributed by atoms with van der Waals surface area (Å²) in [5.41, 5.74) is 3.19. The number of carbonyl (C=O) groups is 2. The average Bonchev–Trinajstić information content (AvgIpc) is 3.46. The lowest BCUT2D eigenvalue weighted by Crippen LogP contribution is -2.52. The standard InChI is InChI=1S/C31H45N5O4S/c1-40-28-12-11-25(24-8-3-2-4-9-24)19-26(28)27-22-41-30(32-27)33-31(39)36-17-15-35(16-18-36)21-23-7-5-13-34(20-23)14-6-10-29(37)38/h11-12,19,22-24H,2-10,13-18,20-21H2,1H3,(H,37,38)(H,32,33,39). The highest BCUT2D eigenvalue weighted by Crippen LogP contribution is 2.38. The maximum absolute atomic E-state index is 13.1. The van der Waals surface area contributed by atoms with Gasteiger partial charge in [-0.3, -0.25) is 15.0 Å². The van der Waals surface area contributed by atoms with E-state index in [0.29, 0.717) is 30.1 Å². The minimum Gasteiger partial charge on any atom is -0.496 e. The number of urea groups is 1. The zero-order valence-electron chi connectivity index (χ0n) is 24.4. The Labute approximate surface area is 247 Å². The second-order valence-electron chi connectivity index (χ2n) is 11.9. The highest BCUT2D eigenvalue weighted by molar-refractivity contribution is 7.14. The molecule has 0 spiro atoms. The number of piperazine rings is 1. The van der Waals surface area contributed by atoms with E-state index >= 15 is 0 Å². The van der Waals surface area contributed by atoms with Crippen LogP contribution in [-0.2, 0) is 4.79 Å². The van der Waals surface area contributed by atoms with Crippen molar-refractivity contribution in [3.63, 3.8) is 0 Å². The van der Waals surface area contributed by atoms with Crippen LogP contribution in [0.15, 0.2) is 23.6 Å². The van der Waals surface area contributed by atoms with Gasteiger partial charge in [-0.25, -0.2) is 9.78 Å². The van der Waals surface area contributed by atoms with Gasteiger partial charge in [0, 0.05) is 56.6 Å². The van der Waals surface area contributed by atoms with E-state index in [9.17, 15) is 9.59 Å². The number of rotatable bonds is 10. The largest absolute Gasteiger partial charge is 0.496 e. The molecule has 0 bridgehead atoms. The zero-order valence-corrected chi connectivity index (χ0v) is 25.2. The van der Waals surface area contributed by atoms with Crippen LogP contribution in [0.2, 0.25) is 0 Å². The van der Waals surface area contributed by atoms with Crippen LogP contribution in [0.5, 0.6) is 5.75 Å². The van der Waals surface area contributed by atoms with Crippen molar-refractivity contribution >= 4 is 28.5 Å². The Kier molecular flexibility index (Phi) is 10.5. The van der Waals surface area contributed by atoms with Gasteiger partial charge >= 0.3 is 12.0 Å². The molecule has 2 aliphatic heterocycles. The molecule has 1 saturated carbocycles. The molecule has 0 radical (unpaired) electrons. The average molecular weight is 584 g/mol. The molecule has 2 N–H and O–H groups in total. The normalized spacial score (nSPS) is 21.1. The molecule has 224 valence electrons. The highest BCUT2D eigenvalue weighted by atomic mass is 32.1. The van der Waals surface area contributed by atoms with Gasteiger partial charge in [0.15, 0.2) is 5.13 Å². The number of amides is 2. The number of nitrogens with zero attached hydrogens (tertiary/aromatic N) is 4. The number of piperidine rings is 1. The SMILES string of the molecule is COc1ccc(C2CCCCC2)cc1-c1csc(NC(=O)N2CCN(CC3CCCN(CCCC(=O)O)C3)CC2)n1. The molecule has 1 aliphatic carbocycles. The lowest BCUT2D eigenvalue weighted by Gasteiger charge is -2.39. The summed E-state index contributed by atoms with van der Waals surface area (Å²) < 4.78 is 5.66. The number of hydrogen-bond acceptors (Lipinski definition) is 7. The van der Waals surface area contributed by atoms with Gasteiger partial charge in [0.1, 0.15) is 5.75 Å². The Morgan fingerprint density at radius 2 is 1.85 bits per heavy atom. The Morgan fingerprint density at radius 1 is 1.05 bits per heavy atom. The molecule has 1 unspecified atom stereocenters. The number of ether oxygens (including phenoxy) is 1. The van der Waals surface area contributed by atoms with Crippen molar-refractivity contribution in [2.45, 2.75) is 63.7 Å². The number of nitrogens with one attached hydrogen (secondary N) is 1. The topological polar surface area (TPSA) is 98.2 Å². The first-order chi connectivity index (χ1) is 20.0. The first-order valence-corrected chi connectivity index (χ1v) is 16.2. The molecule has 3 fully saturated rings.